The number of halogens is 1. The van der Waals surface area contributed by atoms with E-state index in [4.69, 9.17) is 5.73 Å². The molecule has 1 aromatic rings. The molecule has 0 bridgehead atoms. The lowest BCUT2D eigenvalue weighted by Gasteiger charge is -2.34. The zero-order valence-electron chi connectivity index (χ0n) is 10.6. The van der Waals surface area contributed by atoms with E-state index in [0.29, 0.717) is 12.8 Å². The minimum absolute atomic E-state index is 0.0968. The summed E-state index contributed by atoms with van der Waals surface area (Å²) >= 11 is 0. The van der Waals surface area contributed by atoms with Crippen molar-refractivity contribution in [2.24, 2.45) is 5.92 Å². The quantitative estimate of drug-likeness (QED) is 0.803. The highest BCUT2D eigenvalue weighted by Gasteiger charge is 2.33. The van der Waals surface area contributed by atoms with E-state index in [1.807, 2.05) is 0 Å². The number of hydrogen-bond acceptors (Lipinski definition) is 4. The zero-order valence-corrected chi connectivity index (χ0v) is 11.4. The molecule has 1 aromatic carbocycles. The summed E-state index contributed by atoms with van der Waals surface area (Å²) in [6.07, 6.45) is 0.804. The largest absolute Gasteiger partial charge is 0.398 e. The van der Waals surface area contributed by atoms with Crippen LogP contribution in [0.25, 0.3) is 0 Å². The summed E-state index contributed by atoms with van der Waals surface area (Å²) in [6, 6.07) is 3.80. The Morgan fingerprint density at radius 1 is 1.47 bits per heavy atom. The summed E-state index contributed by atoms with van der Waals surface area (Å²) in [7, 11) is -2.54. The number of rotatable bonds is 4. The highest BCUT2D eigenvalue weighted by atomic mass is 32.2. The van der Waals surface area contributed by atoms with Gasteiger partial charge < -0.3 is 10.8 Å². The number of aliphatic hydroxyl groups excluding tert-OH is 1. The van der Waals surface area contributed by atoms with Gasteiger partial charge in [0, 0.05) is 13.6 Å². The number of nitrogen functional groups attached to an aromatic ring is 1. The Bertz CT molecular complexity index is 550. The van der Waals surface area contributed by atoms with Gasteiger partial charge in [0.1, 0.15) is 10.7 Å². The molecule has 1 aliphatic carbocycles. The van der Waals surface area contributed by atoms with Gasteiger partial charge in [-0.25, -0.2) is 17.1 Å². The van der Waals surface area contributed by atoms with E-state index in [1.165, 1.54) is 19.2 Å². The van der Waals surface area contributed by atoms with Crippen LogP contribution in [0, 0.1) is 11.7 Å². The van der Waals surface area contributed by atoms with Crippen LogP contribution in [0.1, 0.15) is 12.8 Å². The van der Waals surface area contributed by atoms with Crippen molar-refractivity contribution < 1.29 is 17.9 Å². The molecule has 0 unspecified atom stereocenters. The molecule has 1 fully saturated rings. The first-order valence-electron chi connectivity index (χ1n) is 6.00. The molecule has 2 rings (SSSR count). The molecule has 1 aliphatic rings. The molecule has 3 N–H and O–H groups in total. The molecule has 0 spiro atoms. The van der Waals surface area contributed by atoms with Gasteiger partial charge in [-0.15, -0.1) is 0 Å². The Kier molecular flexibility index (Phi) is 3.80. The molecule has 7 heteroatoms. The molecule has 0 atom stereocenters. The average Bonchev–Trinajstić information content (AvgIpc) is 2.26. The van der Waals surface area contributed by atoms with Gasteiger partial charge in [0.15, 0.2) is 0 Å². The van der Waals surface area contributed by atoms with Crippen LogP contribution in [0.5, 0.6) is 0 Å². The number of nitrogens with two attached hydrogens (primary N) is 1. The van der Waals surface area contributed by atoms with Crippen molar-refractivity contribution >= 4 is 15.7 Å². The molecule has 0 saturated heterocycles. The van der Waals surface area contributed by atoms with Crippen molar-refractivity contribution in [3.05, 3.63) is 24.0 Å². The van der Waals surface area contributed by atoms with E-state index in [-0.39, 0.29) is 24.3 Å². The third-order valence-electron chi connectivity index (χ3n) is 3.39. The van der Waals surface area contributed by atoms with Gasteiger partial charge in [0.05, 0.1) is 11.8 Å². The Morgan fingerprint density at radius 2 is 2.11 bits per heavy atom. The van der Waals surface area contributed by atoms with Gasteiger partial charge in [-0.3, -0.25) is 0 Å². The summed E-state index contributed by atoms with van der Waals surface area (Å²) in [6.45, 7) is 0.257. The lowest BCUT2D eigenvalue weighted by Crippen LogP contribution is -2.39. The Hall–Kier alpha value is -1.18. The van der Waals surface area contributed by atoms with Gasteiger partial charge >= 0.3 is 0 Å². The molecule has 0 aromatic heterocycles. The molecule has 0 heterocycles. The summed E-state index contributed by atoms with van der Waals surface area (Å²) < 4.78 is 39.3. The van der Waals surface area contributed by atoms with Crippen LogP contribution in [0.2, 0.25) is 0 Å². The van der Waals surface area contributed by atoms with Gasteiger partial charge in [0.2, 0.25) is 10.0 Å². The van der Waals surface area contributed by atoms with Gasteiger partial charge in [-0.1, -0.05) is 6.07 Å². The number of nitrogens with zero attached hydrogens (tertiary/aromatic N) is 1. The van der Waals surface area contributed by atoms with Crippen LogP contribution in [0.15, 0.2) is 23.1 Å². The predicted molar refractivity (Wildman–Crippen MR) is 69.4 cm³/mol. The Labute approximate surface area is 111 Å². The smallest absolute Gasteiger partial charge is 0.247 e. The van der Waals surface area contributed by atoms with Crippen LogP contribution in [0.4, 0.5) is 10.1 Å². The highest BCUT2D eigenvalue weighted by molar-refractivity contribution is 7.89. The molecular formula is C12H17FN2O3S. The van der Waals surface area contributed by atoms with Gasteiger partial charge in [-0.2, -0.15) is 0 Å². The molecule has 106 valence electrons. The van der Waals surface area contributed by atoms with Crippen LogP contribution in [-0.2, 0) is 10.0 Å². The van der Waals surface area contributed by atoms with E-state index in [2.05, 4.69) is 0 Å². The summed E-state index contributed by atoms with van der Waals surface area (Å²) in [5.41, 5.74) is 5.46. The SMILES string of the molecule is CN(CC1CC(O)C1)S(=O)(=O)c1c(N)cccc1F. The van der Waals surface area contributed by atoms with Gasteiger partial charge in [-0.05, 0) is 30.9 Å². The number of aliphatic hydroxyl groups is 1. The predicted octanol–water partition coefficient (Wildman–Crippen LogP) is 0.799. The maximum Gasteiger partial charge on any atom is 0.247 e. The lowest BCUT2D eigenvalue weighted by atomic mass is 9.82. The van der Waals surface area contributed by atoms with Crippen LogP contribution in [-0.4, -0.2) is 37.5 Å². The number of anilines is 1. The minimum Gasteiger partial charge on any atom is -0.398 e. The first kappa shape index (κ1) is 14.2. The standard InChI is InChI=1S/C12H17FN2O3S/c1-15(7-8-5-9(16)6-8)19(17,18)12-10(13)3-2-4-11(12)14/h2-4,8-9,16H,5-7,14H2,1H3. The fourth-order valence-electron chi connectivity index (χ4n) is 2.26. The summed E-state index contributed by atoms with van der Waals surface area (Å²) in [5, 5.41) is 9.19. The van der Waals surface area contributed by atoms with E-state index >= 15 is 0 Å². The topological polar surface area (TPSA) is 83.6 Å². The zero-order chi connectivity index (χ0) is 14.2. The van der Waals surface area contributed by atoms with E-state index < -0.39 is 20.7 Å². The van der Waals surface area contributed by atoms with E-state index in [0.717, 1.165) is 10.4 Å². The third kappa shape index (κ3) is 2.72. The second-order valence-electron chi connectivity index (χ2n) is 4.93. The lowest BCUT2D eigenvalue weighted by molar-refractivity contribution is 0.0367. The molecule has 0 amide bonds. The summed E-state index contributed by atoms with van der Waals surface area (Å²) in [4.78, 5) is -0.475. The maximum absolute atomic E-state index is 13.7. The number of sulfonamides is 1. The first-order valence-corrected chi connectivity index (χ1v) is 7.44. The minimum atomic E-state index is -3.94. The Morgan fingerprint density at radius 3 is 2.63 bits per heavy atom. The fourth-order valence-corrected chi connectivity index (χ4v) is 3.66. The molecule has 19 heavy (non-hydrogen) atoms. The molecule has 0 aliphatic heterocycles. The third-order valence-corrected chi connectivity index (χ3v) is 5.31. The van der Waals surface area contributed by atoms with Crippen LogP contribution >= 0.6 is 0 Å². The molecule has 1 saturated carbocycles. The number of benzene rings is 1. The molecule has 0 radical (unpaired) electrons. The normalized spacial score (nSPS) is 23.4. The highest BCUT2D eigenvalue weighted by Crippen LogP contribution is 2.30. The van der Waals surface area contributed by atoms with Crippen LogP contribution in [0.3, 0.4) is 0 Å². The summed E-state index contributed by atoms with van der Waals surface area (Å²) in [5.74, 6) is -0.733. The van der Waals surface area contributed by atoms with E-state index in [1.54, 1.807) is 0 Å². The van der Waals surface area contributed by atoms with Gasteiger partial charge in [0.25, 0.3) is 0 Å². The van der Waals surface area contributed by atoms with Crippen molar-refractivity contribution in [3.63, 3.8) is 0 Å². The molecular weight excluding hydrogens is 271 g/mol. The average molecular weight is 288 g/mol. The first-order chi connectivity index (χ1) is 8.82. The monoisotopic (exact) mass is 288 g/mol. The Balaban J connectivity index is 2.22. The molecule has 5 nitrogen and oxygen atoms in total. The van der Waals surface area contributed by atoms with Crippen molar-refractivity contribution in [3.8, 4) is 0 Å². The fraction of sp³-hybridized carbons (Fsp3) is 0.500. The second kappa shape index (κ2) is 5.07. The van der Waals surface area contributed by atoms with E-state index in [9.17, 15) is 17.9 Å². The van der Waals surface area contributed by atoms with Crippen molar-refractivity contribution in [2.75, 3.05) is 19.3 Å². The second-order valence-corrected chi connectivity index (χ2v) is 6.92. The number of hydrogen-bond donors (Lipinski definition) is 2. The van der Waals surface area contributed by atoms with Crippen LogP contribution < -0.4 is 5.73 Å². The van der Waals surface area contributed by atoms with Crippen molar-refractivity contribution in [2.45, 2.75) is 23.8 Å². The van der Waals surface area contributed by atoms with Crippen molar-refractivity contribution in [1.82, 2.24) is 4.31 Å². The maximum atomic E-state index is 13.7. The van der Waals surface area contributed by atoms with Crippen molar-refractivity contribution in [1.29, 1.82) is 0 Å².